The van der Waals surface area contributed by atoms with Crippen LogP contribution in [0.15, 0.2) is 61.2 Å². The number of alkyl halides is 3. The normalized spacial score (nSPS) is 22.2. The lowest BCUT2D eigenvalue weighted by atomic mass is 10.0. The molecule has 1 saturated heterocycles. The Morgan fingerprint density at radius 2 is 1.88 bits per heavy atom. The quantitative estimate of drug-likeness (QED) is 0.607. The van der Waals surface area contributed by atoms with Gasteiger partial charge in [0, 0.05) is 42.3 Å². The van der Waals surface area contributed by atoms with Crippen molar-refractivity contribution < 1.29 is 22.7 Å². The summed E-state index contributed by atoms with van der Waals surface area (Å²) in [5.74, 6) is 0.294. The van der Waals surface area contributed by atoms with Gasteiger partial charge >= 0.3 is 6.18 Å². The third-order valence-corrected chi connectivity index (χ3v) is 6.02. The van der Waals surface area contributed by atoms with Crippen LogP contribution in [0.2, 0.25) is 0 Å². The molecule has 0 spiro atoms. The van der Waals surface area contributed by atoms with Gasteiger partial charge in [-0.25, -0.2) is 4.98 Å². The van der Waals surface area contributed by atoms with Crippen molar-refractivity contribution >= 4 is 5.91 Å². The number of piperidine rings is 1. The molecular formula is C23H19F3N4O2. The predicted molar refractivity (Wildman–Crippen MR) is 109 cm³/mol. The van der Waals surface area contributed by atoms with Gasteiger partial charge in [0.15, 0.2) is 0 Å². The summed E-state index contributed by atoms with van der Waals surface area (Å²) in [5.41, 5.74) is 1.03. The molecule has 3 heterocycles. The topological polar surface area (TPSA) is 68.2 Å². The van der Waals surface area contributed by atoms with Crippen LogP contribution in [-0.2, 0) is 6.18 Å². The summed E-state index contributed by atoms with van der Waals surface area (Å²) in [6.07, 6.45) is 2.31. The van der Waals surface area contributed by atoms with Crippen LogP contribution in [0.3, 0.4) is 0 Å². The summed E-state index contributed by atoms with van der Waals surface area (Å²) in [6.45, 7) is 0.624. The van der Waals surface area contributed by atoms with Gasteiger partial charge in [-0.3, -0.25) is 14.8 Å². The van der Waals surface area contributed by atoms with E-state index in [4.69, 9.17) is 4.74 Å². The number of likely N-dealkylation sites (tertiary alicyclic amines) is 1. The minimum absolute atomic E-state index is 0.118. The van der Waals surface area contributed by atoms with Crippen LogP contribution in [-0.4, -0.2) is 44.4 Å². The van der Waals surface area contributed by atoms with Crippen LogP contribution >= 0.6 is 0 Å². The second-order valence-corrected chi connectivity index (χ2v) is 8.04. The number of aromatic nitrogens is 3. The molecular weight excluding hydrogens is 421 g/mol. The molecule has 2 aliphatic rings. The zero-order valence-electron chi connectivity index (χ0n) is 16.9. The molecule has 2 bridgehead atoms. The van der Waals surface area contributed by atoms with Crippen LogP contribution in [0.1, 0.15) is 28.8 Å². The lowest BCUT2D eigenvalue weighted by molar-refractivity contribution is -0.137. The van der Waals surface area contributed by atoms with Crippen molar-refractivity contribution in [2.45, 2.75) is 31.2 Å². The molecule has 1 aromatic carbocycles. The monoisotopic (exact) mass is 440 g/mol. The number of amides is 1. The van der Waals surface area contributed by atoms with E-state index in [-0.39, 0.29) is 29.9 Å². The molecule has 1 aliphatic carbocycles. The van der Waals surface area contributed by atoms with E-state index in [1.165, 1.54) is 6.07 Å². The molecule has 2 aromatic heterocycles. The van der Waals surface area contributed by atoms with Crippen LogP contribution in [0, 0.1) is 5.92 Å². The molecule has 5 rings (SSSR count). The fourth-order valence-electron chi connectivity index (χ4n) is 4.58. The first-order valence-corrected chi connectivity index (χ1v) is 10.3. The molecule has 3 aromatic rings. The van der Waals surface area contributed by atoms with Gasteiger partial charge in [-0.05, 0) is 30.9 Å². The average Bonchev–Trinajstić information content (AvgIpc) is 3.40. The van der Waals surface area contributed by atoms with Gasteiger partial charge in [0.25, 0.3) is 5.91 Å². The largest absolute Gasteiger partial charge is 0.472 e. The van der Waals surface area contributed by atoms with E-state index in [9.17, 15) is 18.0 Å². The fraction of sp³-hybridized carbons (Fsp3) is 0.304. The number of benzene rings is 1. The van der Waals surface area contributed by atoms with Crippen molar-refractivity contribution in [3.63, 3.8) is 0 Å². The SMILES string of the molecule is O=C(c1ccccc1-c1cnccn1)N1CC2CC(Oc3ccc(C(F)(F)F)cn3)C1C2. The second-order valence-electron chi connectivity index (χ2n) is 8.04. The van der Waals surface area contributed by atoms with Gasteiger partial charge in [0.2, 0.25) is 5.88 Å². The molecule has 0 N–H and O–H groups in total. The number of hydrogen-bond acceptors (Lipinski definition) is 5. The van der Waals surface area contributed by atoms with Gasteiger partial charge in [0.1, 0.15) is 6.10 Å². The number of nitrogens with zero attached hydrogens (tertiary/aromatic N) is 4. The molecule has 1 saturated carbocycles. The Hall–Kier alpha value is -3.49. The van der Waals surface area contributed by atoms with Crippen LogP contribution in [0.25, 0.3) is 11.3 Å². The molecule has 3 unspecified atom stereocenters. The molecule has 2 fully saturated rings. The summed E-state index contributed by atoms with van der Waals surface area (Å²) in [7, 11) is 0. The van der Waals surface area contributed by atoms with Crippen molar-refractivity contribution in [2.24, 2.45) is 5.92 Å². The molecule has 0 radical (unpaired) electrons. The summed E-state index contributed by atoms with van der Waals surface area (Å²) in [6, 6.07) is 9.28. The Balaban J connectivity index is 1.35. The smallest absolute Gasteiger partial charge is 0.417 e. The Kier molecular flexibility index (Phi) is 5.03. The Morgan fingerprint density at radius 3 is 2.56 bits per heavy atom. The molecule has 1 aliphatic heterocycles. The van der Waals surface area contributed by atoms with Crippen molar-refractivity contribution in [1.82, 2.24) is 19.9 Å². The number of carbonyl (C=O) groups excluding carboxylic acids is 1. The van der Waals surface area contributed by atoms with E-state index >= 15 is 0 Å². The predicted octanol–water partition coefficient (Wildman–Crippen LogP) is 4.24. The lowest BCUT2D eigenvalue weighted by Gasteiger charge is -2.33. The van der Waals surface area contributed by atoms with E-state index in [0.717, 1.165) is 25.1 Å². The number of halogens is 3. The van der Waals surface area contributed by atoms with E-state index in [1.54, 1.807) is 29.6 Å². The highest BCUT2D eigenvalue weighted by Gasteiger charge is 2.48. The number of fused-ring (bicyclic) bond motifs is 2. The molecule has 3 atom stereocenters. The average molecular weight is 440 g/mol. The first-order chi connectivity index (χ1) is 15.4. The van der Waals surface area contributed by atoms with Gasteiger partial charge in [-0.15, -0.1) is 0 Å². The fourth-order valence-corrected chi connectivity index (χ4v) is 4.58. The third-order valence-electron chi connectivity index (χ3n) is 6.02. The zero-order valence-corrected chi connectivity index (χ0v) is 16.9. The number of hydrogen-bond donors (Lipinski definition) is 0. The highest BCUT2D eigenvalue weighted by Crippen LogP contribution is 2.41. The zero-order chi connectivity index (χ0) is 22.3. The number of pyridine rings is 1. The highest BCUT2D eigenvalue weighted by atomic mass is 19.4. The maximum absolute atomic E-state index is 13.5. The summed E-state index contributed by atoms with van der Waals surface area (Å²) in [5, 5.41) is 0. The molecule has 32 heavy (non-hydrogen) atoms. The molecule has 9 heteroatoms. The lowest BCUT2D eigenvalue weighted by Crippen LogP contribution is -2.47. The van der Waals surface area contributed by atoms with Crippen LogP contribution < -0.4 is 4.74 Å². The molecule has 6 nitrogen and oxygen atoms in total. The first-order valence-electron chi connectivity index (χ1n) is 10.3. The van der Waals surface area contributed by atoms with Crippen LogP contribution in [0.4, 0.5) is 13.2 Å². The molecule has 1 amide bonds. The standard InChI is InChI=1S/C23H19F3N4O2/c24-23(25,26)15-5-6-21(29-11-15)32-20-10-14-9-19(20)30(13-14)22(31)17-4-2-1-3-16(17)18-12-27-7-8-28-18/h1-8,11-12,14,19-20H,9-10,13H2. The van der Waals surface area contributed by atoms with E-state index in [2.05, 4.69) is 15.0 Å². The Bertz CT molecular complexity index is 1120. The second kappa shape index (κ2) is 7.89. The van der Waals surface area contributed by atoms with Crippen molar-refractivity contribution in [2.75, 3.05) is 6.54 Å². The van der Waals surface area contributed by atoms with Crippen LogP contribution in [0.5, 0.6) is 5.88 Å². The minimum Gasteiger partial charge on any atom is -0.472 e. The van der Waals surface area contributed by atoms with E-state index in [0.29, 0.717) is 23.4 Å². The first kappa shape index (κ1) is 20.4. The van der Waals surface area contributed by atoms with Crippen molar-refractivity contribution in [1.29, 1.82) is 0 Å². The Labute approximate surface area is 182 Å². The van der Waals surface area contributed by atoms with Crippen molar-refractivity contribution in [3.8, 4) is 17.1 Å². The van der Waals surface area contributed by atoms with Gasteiger partial charge in [0.05, 0.1) is 23.5 Å². The number of ether oxygens (including phenoxy) is 1. The number of carbonyl (C=O) groups is 1. The molecule has 164 valence electrons. The van der Waals surface area contributed by atoms with Gasteiger partial charge in [-0.1, -0.05) is 18.2 Å². The maximum atomic E-state index is 13.5. The maximum Gasteiger partial charge on any atom is 0.417 e. The van der Waals surface area contributed by atoms with E-state index in [1.807, 2.05) is 18.2 Å². The summed E-state index contributed by atoms with van der Waals surface area (Å²) in [4.78, 5) is 27.5. The number of rotatable bonds is 4. The van der Waals surface area contributed by atoms with E-state index < -0.39 is 11.7 Å². The minimum atomic E-state index is -4.45. The Morgan fingerprint density at radius 1 is 1.03 bits per heavy atom. The summed E-state index contributed by atoms with van der Waals surface area (Å²) >= 11 is 0. The van der Waals surface area contributed by atoms with Gasteiger partial charge in [-0.2, -0.15) is 13.2 Å². The highest BCUT2D eigenvalue weighted by molar-refractivity contribution is 6.00. The van der Waals surface area contributed by atoms with Crippen molar-refractivity contribution in [3.05, 3.63) is 72.3 Å². The summed E-state index contributed by atoms with van der Waals surface area (Å²) < 4.78 is 44.2. The van der Waals surface area contributed by atoms with Gasteiger partial charge < -0.3 is 9.64 Å². The third kappa shape index (κ3) is 3.79.